The van der Waals surface area contributed by atoms with Gasteiger partial charge >= 0.3 is 6.09 Å². The number of nitrogens with zero attached hydrogens (tertiary/aromatic N) is 2. The topological polar surface area (TPSA) is 44.8 Å². The molecule has 1 saturated heterocycles. The summed E-state index contributed by atoms with van der Waals surface area (Å²) in [7, 11) is 1.83. The smallest absolute Gasteiger partial charge is 0.410 e. The van der Waals surface area contributed by atoms with Gasteiger partial charge in [0, 0.05) is 26.3 Å². The largest absolute Gasteiger partial charge is 0.444 e. The molecule has 16 heavy (non-hydrogen) atoms. The highest BCUT2D eigenvalue weighted by atomic mass is 16.6. The zero-order valence-electron chi connectivity index (χ0n) is 10.5. The van der Waals surface area contributed by atoms with Crippen molar-refractivity contribution in [2.24, 2.45) is 0 Å². The first-order valence-electron chi connectivity index (χ1n) is 5.43. The molecule has 1 aliphatic rings. The Kier molecular flexibility index (Phi) is 3.80. The molecule has 0 bridgehead atoms. The quantitative estimate of drug-likeness (QED) is 0.735. The normalized spacial score (nSPS) is 16.6. The van der Waals surface area contributed by atoms with Crippen molar-refractivity contribution in [2.45, 2.75) is 32.4 Å². The van der Waals surface area contributed by atoms with Crippen molar-refractivity contribution in [3.8, 4) is 0 Å². The Balaban J connectivity index is 2.35. The molecule has 5 nitrogen and oxygen atoms in total. The Morgan fingerprint density at radius 2 is 2.12 bits per heavy atom. The summed E-state index contributed by atoms with van der Waals surface area (Å²) in [5, 5.41) is 1.89. The molecular weight excluding hydrogens is 206 g/mol. The summed E-state index contributed by atoms with van der Waals surface area (Å²) < 4.78 is 5.26. The fraction of sp³-hybridized carbons (Fsp3) is 0.727. The summed E-state index contributed by atoms with van der Waals surface area (Å²) in [5.74, 6) is 0. The van der Waals surface area contributed by atoms with Crippen LogP contribution in [0.1, 0.15) is 20.8 Å². The van der Waals surface area contributed by atoms with Crippen LogP contribution in [-0.4, -0.2) is 47.8 Å². The molecule has 0 radical (unpaired) electrons. The number of hydrazine groups is 1. The van der Waals surface area contributed by atoms with Gasteiger partial charge in [0.15, 0.2) is 0 Å². The number of likely N-dealkylation sites (tertiary alicyclic amines) is 1. The van der Waals surface area contributed by atoms with Crippen LogP contribution in [0.15, 0.2) is 12.8 Å². The highest BCUT2D eigenvalue weighted by Crippen LogP contribution is 2.17. The Labute approximate surface area is 97.0 Å². The molecule has 0 spiro atoms. The van der Waals surface area contributed by atoms with E-state index in [0.717, 1.165) is 0 Å². The molecule has 1 amide bonds. The maximum absolute atomic E-state index is 11.6. The van der Waals surface area contributed by atoms with Crippen LogP contribution in [0.4, 0.5) is 4.79 Å². The summed E-state index contributed by atoms with van der Waals surface area (Å²) in [6.45, 7) is 10.6. The van der Waals surface area contributed by atoms with Gasteiger partial charge in [-0.25, -0.2) is 10.2 Å². The van der Waals surface area contributed by atoms with Crippen molar-refractivity contribution in [3.63, 3.8) is 0 Å². The molecule has 1 rings (SSSR count). The standard InChI is InChI=1S/C11H21N3O2/c1-6-14(12-5)9-7-13(8-9)10(15)16-11(2,3)4/h6,9,12H,1,7-8H2,2-5H3. The molecule has 1 heterocycles. The predicted octanol–water partition coefficient (Wildman–Crippen LogP) is 1.19. The maximum Gasteiger partial charge on any atom is 0.410 e. The van der Waals surface area contributed by atoms with Crippen LogP contribution in [0.5, 0.6) is 0 Å². The van der Waals surface area contributed by atoms with E-state index in [9.17, 15) is 4.79 Å². The first kappa shape index (κ1) is 12.8. The first-order chi connectivity index (χ1) is 7.37. The van der Waals surface area contributed by atoms with Crippen LogP contribution in [0, 0.1) is 0 Å². The molecule has 0 saturated carbocycles. The van der Waals surface area contributed by atoms with Gasteiger partial charge in [0.1, 0.15) is 5.60 Å². The average Bonchev–Trinajstić information content (AvgIpc) is 2.06. The molecule has 1 N–H and O–H groups in total. The summed E-state index contributed by atoms with van der Waals surface area (Å²) in [6.07, 6.45) is 1.47. The molecule has 0 unspecified atom stereocenters. The van der Waals surface area contributed by atoms with Gasteiger partial charge in [-0.2, -0.15) is 0 Å². The van der Waals surface area contributed by atoms with Crippen LogP contribution in [-0.2, 0) is 4.74 Å². The third-order valence-electron chi connectivity index (χ3n) is 2.36. The van der Waals surface area contributed by atoms with Crippen LogP contribution in [0.3, 0.4) is 0 Å². The number of carbonyl (C=O) groups is 1. The molecule has 1 aliphatic heterocycles. The van der Waals surface area contributed by atoms with Gasteiger partial charge < -0.3 is 14.6 Å². The lowest BCUT2D eigenvalue weighted by Gasteiger charge is -2.44. The second-order valence-electron chi connectivity index (χ2n) is 4.85. The van der Waals surface area contributed by atoms with E-state index in [1.807, 2.05) is 32.8 Å². The number of hydrogen-bond acceptors (Lipinski definition) is 4. The van der Waals surface area contributed by atoms with E-state index in [2.05, 4.69) is 12.0 Å². The molecule has 0 aromatic carbocycles. The van der Waals surface area contributed by atoms with E-state index >= 15 is 0 Å². The molecule has 1 fully saturated rings. The number of hydrogen-bond donors (Lipinski definition) is 1. The van der Waals surface area contributed by atoms with Crippen molar-refractivity contribution < 1.29 is 9.53 Å². The second kappa shape index (κ2) is 4.74. The van der Waals surface area contributed by atoms with Gasteiger partial charge in [-0.3, -0.25) is 0 Å². The zero-order chi connectivity index (χ0) is 12.3. The van der Waals surface area contributed by atoms with E-state index in [4.69, 9.17) is 4.74 Å². The Bertz CT molecular complexity index is 267. The van der Waals surface area contributed by atoms with E-state index in [1.165, 1.54) is 0 Å². The number of ether oxygens (including phenoxy) is 1. The van der Waals surface area contributed by atoms with Gasteiger partial charge in [-0.05, 0) is 20.8 Å². The summed E-state index contributed by atoms with van der Waals surface area (Å²) in [5.41, 5.74) is 2.57. The molecule has 0 aliphatic carbocycles. The minimum atomic E-state index is -0.427. The van der Waals surface area contributed by atoms with E-state index in [1.54, 1.807) is 11.1 Å². The van der Waals surface area contributed by atoms with Crippen LogP contribution in [0.2, 0.25) is 0 Å². The lowest BCUT2D eigenvalue weighted by molar-refractivity contribution is -0.0134. The fourth-order valence-corrected chi connectivity index (χ4v) is 1.53. The van der Waals surface area contributed by atoms with Gasteiger partial charge in [0.25, 0.3) is 0 Å². The van der Waals surface area contributed by atoms with Gasteiger partial charge in [-0.1, -0.05) is 6.58 Å². The van der Waals surface area contributed by atoms with Crippen LogP contribution < -0.4 is 5.43 Å². The summed E-state index contributed by atoms with van der Waals surface area (Å²) in [6, 6.07) is 0.287. The average molecular weight is 227 g/mol. The van der Waals surface area contributed by atoms with Crippen molar-refractivity contribution in [1.82, 2.24) is 15.3 Å². The molecular formula is C11H21N3O2. The highest BCUT2D eigenvalue weighted by molar-refractivity contribution is 5.69. The Morgan fingerprint density at radius 3 is 2.50 bits per heavy atom. The third kappa shape index (κ3) is 3.13. The molecule has 92 valence electrons. The molecule has 0 aromatic rings. The minimum absolute atomic E-state index is 0.246. The molecule has 5 heteroatoms. The zero-order valence-corrected chi connectivity index (χ0v) is 10.5. The highest BCUT2D eigenvalue weighted by Gasteiger charge is 2.35. The fourth-order valence-electron chi connectivity index (χ4n) is 1.53. The van der Waals surface area contributed by atoms with E-state index in [0.29, 0.717) is 13.1 Å². The number of nitrogens with one attached hydrogen (secondary N) is 1. The number of carbonyl (C=O) groups excluding carboxylic acids is 1. The first-order valence-corrected chi connectivity index (χ1v) is 5.43. The van der Waals surface area contributed by atoms with Crippen molar-refractivity contribution >= 4 is 6.09 Å². The van der Waals surface area contributed by atoms with Crippen molar-refractivity contribution in [1.29, 1.82) is 0 Å². The van der Waals surface area contributed by atoms with Crippen molar-refractivity contribution in [2.75, 3.05) is 20.1 Å². The van der Waals surface area contributed by atoms with E-state index < -0.39 is 5.60 Å². The number of amides is 1. The summed E-state index contributed by atoms with van der Waals surface area (Å²) in [4.78, 5) is 13.3. The summed E-state index contributed by atoms with van der Waals surface area (Å²) >= 11 is 0. The molecule has 0 aromatic heterocycles. The van der Waals surface area contributed by atoms with E-state index in [-0.39, 0.29) is 12.1 Å². The predicted molar refractivity (Wildman–Crippen MR) is 62.7 cm³/mol. The lowest BCUT2D eigenvalue weighted by atomic mass is 10.1. The Hall–Kier alpha value is -1.23. The SMILES string of the molecule is C=CN(NC)C1CN(C(=O)OC(C)(C)C)C1. The van der Waals surface area contributed by atoms with Gasteiger partial charge in [0.05, 0.1) is 6.04 Å². The second-order valence-corrected chi connectivity index (χ2v) is 4.85. The number of rotatable bonds is 3. The minimum Gasteiger partial charge on any atom is -0.444 e. The van der Waals surface area contributed by atoms with Gasteiger partial charge in [0.2, 0.25) is 0 Å². The third-order valence-corrected chi connectivity index (χ3v) is 2.36. The van der Waals surface area contributed by atoms with Crippen LogP contribution >= 0.6 is 0 Å². The molecule has 0 atom stereocenters. The monoisotopic (exact) mass is 227 g/mol. The lowest BCUT2D eigenvalue weighted by Crippen LogP contribution is -2.62. The van der Waals surface area contributed by atoms with Crippen LogP contribution in [0.25, 0.3) is 0 Å². The maximum atomic E-state index is 11.6. The van der Waals surface area contributed by atoms with Crippen molar-refractivity contribution in [3.05, 3.63) is 12.8 Å². The Morgan fingerprint density at radius 1 is 1.56 bits per heavy atom. The van der Waals surface area contributed by atoms with Gasteiger partial charge in [-0.15, -0.1) is 0 Å².